The van der Waals surface area contributed by atoms with Crippen molar-refractivity contribution in [2.75, 3.05) is 13.1 Å². The fourth-order valence-corrected chi connectivity index (χ4v) is 2.55. The molecule has 1 aromatic heterocycles. The Morgan fingerprint density at radius 1 is 1.35 bits per heavy atom. The molecule has 0 saturated heterocycles. The Morgan fingerprint density at radius 2 is 2.05 bits per heavy atom. The average molecular weight is 281 g/mol. The Morgan fingerprint density at radius 3 is 2.60 bits per heavy atom. The van der Waals surface area contributed by atoms with Crippen molar-refractivity contribution in [3.05, 3.63) is 26.4 Å². The van der Waals surface area contributed by atoms with Crippen LogP contribution in [0, 0.1) is 0 Å². The molecule has 0 spiro atoms. The van der Waals surface area contributed by atoms with Crippen LogP contribution in [0.25, 0.3) is 0 Å². The molecule has 2 N–H and O–H groups in total. The van der Waals surface area contributed by atoms with E-state index in [0.717, 1.165) is 13.0 Å². The van der Waals surface area contributed by atoms with Gasteiger partial charge in [0.05, 0.1) is 5.56 Å². The Hall–Kier alpha value is -1.56. The predicted octanol–water partition coefficient (Wildman–Crippen LogP) is 0.679. The van der Waals surface area contributed by atoms with Gasteiger partial charge in [-0.2, -0.15) is 0 Å². The molecule has 0 aromatic carbocycles. The number of aromatic hydroxyl groups is 1. The molecule has 6 nitrogen and oxygen atoms in total. The highest BCUT2D eigenvalue weighted by atomic mass is 16.3. The maximum atomic E-state index is 11.8. The van der Waals surface area contributed by atoms with E-state index in [9.17, 15) is 14.7 Å². The molecule has 0 bridgehead atoms. The molecule has 0 aliphatic heterocycles. The maximum Gasteiger partial charge on any atom is 0.331 e. The summed E-state index contributed by atoms with van der Waals surface area (Å²) in [6.45, 7) is 6.08. The van der Waals surface area contributed by atoms with Gasteiger partial charge in [0.2, 0.25) is 5.88 Å². The molecule has 0 amide bonds. The third-order valence-electron chi connectivity index (χ3n) is 3.85. The van der Waals surface area contributed by atoms with E-state index >= 15 is 0 Å². The molecule has 1 fully saturated rings. The van der Waals surface area contributed by atoms with Crippen molar-refractivity contribution in [2.24, 2.45) is 0 Å². The van der Waals surface area contributed by atoms with Crippen molar-refractivity contribution in [3.8, 4) is 5.88 Å². The zero-order chi connectivity index (χ0) is 14.7. The lowest BCUT2D eigenvalue weighted by molar-refractivity contribution is 0.256. The van der Waals surface area contributed by atoms with Crippen LogP contribution in [-0.4, -0.2) is 38.7 Å². The number of nitrogens with zero attached hydrogens (tertiary/aromatic N) is 2. The molecule has 1 heterocycles. The second-order valence-corrected chi connectivity index (χ2v) is 5.32. The van der Waals surface area contributed by atoms with Crippen LogP contribution in [0.3, 0.4) is 0 Å². The SMILES string of the molecule is CCCc1c(O)n(CCN(CC)C2CC2)c(=O)[nH]c1=O. The molecule has 112 valence electrons. The first-order chi connectivity index (χ1) is 9.58. The summed E-state index contributed by atoms with van der Waals surface area (Å²) >= 11 is 0. The van der Waals surface area contributed by atoms with E-state index in [1.807, 2.05) is 6.92 Å². The number of nitrogens with one attached hydrogen (secondary N) is 1. The Balaban J connectivity index is 2.20. The van der Waals surface area contributed by atoms with E-state index < -0.39 is 11.2 Å². The highest BCUT2D eigenvalue weighted by Gasteiger charge is 2.27. The average Bonchev–Trinajstić information content (AvgIpc) is 3.23. The monoisotopic (exact) mass is 281 g/mol. The first-order valence-corrected chi connectivity index (χ1v) is 7.37. The normalized spacial score (nSPS) is 14.9. The standard InChI is InChI=1S/C14H23N3O3/c1-3-5-11-12(18)15-14(20)17(13(11)19)9-8-16(4-2)10-6-7-10/h10,19H,3-9H2,1-2H3,(H,15,18,20). The summed E-state index contributed by atoms with van der Waals surface area (Å²) in [6.07, 6.45) is 3.64. The van der Waals surface area contributed by atoms with Crippen LogP contribution in [0.2, 0.25) is 0 Å². The number of likely N-dealkylation sites (N-methyl/N-ethyl adjacent to an activating group) is 1. The first-order valence-electron chi connectivity index (χ1n) is 7.37. The van der Waals surface area contributed by atoms with Crippen molar-refractivity contribution in [1.29, 1.82) is 0 Å². The number of aromatic amines is 1. The van der Waals surface area contributed by atoms with Crippen molar-refractivity contribution < 1.29 is 5.11 Å². The van der Waals surface area contributed by atoms with E-state index in [2.05, 4.69) is 16.8 Å². The Labute approximate surface area is 118 Å². The molecular formula is C14H23N3O3. The number of hydrogen-bond acceptors (Lipinski definition) is 4. The molecule has 1 aliphatic rings. The van der Waals surface area contributed by atoms with E-state index in [4.69, 9.17) is 0 Å². The predicted molar refractivity (Wildman–Crippen MR) is 77.3 cm³/mol. The number of H-pyrrole nitrogens is 1. The zero-order valence-corrected chi connectivity index (χ0v) is 12.2. The first kappa shape index (κ1) is 14.8. The second kappa shape index (κ2) is 6.26. The van der Waals surface area contributed by atoms with Gasteiger partial charge in [-0.25, -0.2) is 4.79 Å². The molecule has 0 unspecified atom stereocenters. The van der Waals surface area contributed by atoms with E-state index in [-0.39, 0.29) is 5.88 Å². The number of rotatable bonds is 7. The zero-order valence-electron chi connectivity index (χ0n) is 12.2. The molecule has 1 aromatic rings. The van der Waals surface area contributed by atoms with Crippen LogP contribution >= 0.6 is 0 Å². The van der Waals surface area contributed by atoms with Crippen molar-refractivity contribution in [2.45, 2.75) is 52.1 Å². The van der Waals surface area contributed by atoms with Gasteiger partial charge in [0.15, 0.2) is 0 Å². The lowest BCUT2D eigenvalue weighted by atomic mass is 10.2. The van der Waals surface area contributed by atoms with Crippen molar-refractivity contribution in [1.82, 2.24) is 14.5 Å². The number of aromatic nitrogens is 2. The maximum absolute atomic E-state index is 11.8. The van der Waals surface area contributed by atoms with E-state index in [1.54, 1.807) is 0 Å². The highest BCUT2D eigenvalue weighted by Crippen LogP contribution is 2.26. The largest absolute Gasteiger partial charge is 0.494 e. The fourth-order valence-electron chi connectivity index (χ4n) is 2.55. The Kier molecular flexibility index (Phi) is 4.65. The van der Waals surface area contributed by atoms with Gasteiger partial charge in [-0.1, -0.05) is 20.3 Å². The molecule has 1 aliphatic carbocycles. The summed E-state index contributed by atoms with van der Waals surface area (Å²) in [5.41, 5.74) is -0.694. The molecule has 0 atom stereocenters. The van der Waals surface area contributed by atoms with Gasteiger partial charge >= 0.3 is 5.69 Å². The number of hydrogen-bond donors (Lipinski definition) is 2. The van der Waals surface area contributed by atoms with Crippen molar-refractivity contribution >= 4 is 0 Å². The minimum Gasteiger partial charge on any atom is -0.494 e. The lowest BCUT2D eigenvalue weighted by Gasteiger charge is -2.20. The minimum absolute atomic E-state index is 0.174. The lowest BCUT2D eigenvalue weighted by Crippen LogP contribution is -2.36. The quantitative estimate of drug-likeness (QED) is 0.770. The Bertz CT molecular complexity index is 572. The van der Waals surface area contributed by atoms with Crippen LogP contribution in [0.4, 0.5) is 0 Å². The molecule has 2 rings (SSSR count). The van der Waals surface area contributed by atoms with Gasteiger partial charge in [-0.3, -0.25) is 19.2 Å². The van der Waals surface area contributed by atoms with Gasteiger partial charge in [-0.15, -0.1) is 0 Å². The van der Waals surface area contributed by atoms with E-state index in [0.29, 0.717) is 31.1 Å². The summed E-state index contributed by atoms with van der Waals surface area (Å²) in [4.78, 5) is 28.1. The molecule has 20 heavy (non-hydrogen) atoms. The summed E-state index contributed by atoms with van der Waals surface area (Å²) < 4.78 is 1.28. The molecule has 0 radical (unpaired) electrons. The second-order valence-electron chi connectivity index (χ2n) is 5.32. The van der Waals surface area contributed by atoms with Crippen LogP contribution in [0.15, 0.2) is 9.59 Å². The fraction of sp³-hybridized carbons (Fsp3) is 0.714. The topological polar surface area (TPSA) is 78.3 Å². The summed E-state index contributed by atoms with van der Waals surface area (Å²) in [5.74, 6) is -0.174. The minimum atomic E-state index is -0.529. The van der Waals surface area contributed by atoms with E-state index in [1.165, 1.54) is 17.4 Å². The van der Waals surface area contributed by atoms with Gasteiger partial charge in [0.1, 0.15) is 0 Å². The third kappa shape index (κ3) is 3.12. The summed E-state index contributed by atoms with van der Waals surface area (Å²) in [7, 11) is 0. The van der Waals surface area contributed by atoms with Crippen molar-refractivity contribution in [3.63, 3.8) is 0 Å². The van der Waals surface area contributed by atoms with Crippen LogP contribution < -0.4 is 11.2 Å². The van der Waals surface area contributed by atoms with Gasteiger partial charge < -0.3 is 5.11 Å². The van der Waals surface area contributed by atoms with Crippen LogP contribution in [0.5, 0.6) is 5.88 Å². The smallest absolute Gasteiger partial charge is 0.331 e. The summed E-state index contributed by atoms with van der Waals surface area (Å²) in [5, 5.41) is 10.1. The summed E-state index contributed by atoms with van der Waals surface area (Å²) in [6, 6.07) is 0.621. The van der Waals surface area contributed by atoms with Gasteiger partial charge in [0.25, 0.3) is 5.56 Å². The highest BCUT2D eigenvalue weighted by molar-refractivity contribution is 5.22. The van der Waals surface area contributed by atoms with Crippen LogP contribution in [0.1, 0.15) is 38.7 Å². The van der Waals surface area contributed by atoms with Gasteiger partial charge in [-0.05, 0) is 25.8 Å². The third-order valence-corrected chi connectivity index (χ3v) is 3.85. The molecule has 1 saturated carbocycles. The molecular weight excluding hydrogens is 258 g/mol. The molecule has 6 heteroatoms. The van der Waals surface area contributed by atoms with Gasteiger partial charge in [0, 0.05) is 19.1 Å². The van der Waals surface area contributed by atoms with Crippen LogP contribution in [-0.2, 0) is 13.0 Å².